The number of amides is 1. The van der Waals surface area contributed by atoms with Crippen LogP contribution in [0.1, 0.15) is 62.8 Å². The van der Waals surface area contributed by atoms with Crippen molar-refractivity contribution < 1.29 is 9.53 Å². The molecule has 162 valence electrons. The highest BCUT2D eigenvalue weighted by Crippen LogP contribution is 2.25. The molecule has 0 aliphatic carbocycles. The molecular formula is C26H36N2O2. The third kappa shape index (κ3) is 5.56. The summed E-state index contributed by atoms with van der Waals surface area (Å²) in [5.41, 5.74) is 4.62. The second-order valence-corrected chi connectivity index (χ2v) is 8.80. The zero-order valence-electron chi connectivity index (χ0n) is 19.1. The summed E-state index contributed by atoms with van der Waals surface area (Å²) >= 11 is 0. The first-order chi connectivity index (χ1) is 14.4. The predicted octanol–water partition coefficient (Wildman–Crippen LogP) is 5.57. The third-order valence-corrected chi connectivity index (χ3v) is 6.04. The van der Waals surface area contributed by atoms with Gasteiger partial charge in [0.2, 0.25) is 0 Å². The second kappa shape index (κ2) is 10.0. The maximum atomic E-state index is 12.8. The van der Waals surface area contributed by atoms with Gasteiger partial charge in [0.15, 0.2) is 6.10 Å². The van der Waals surface area contributed by atoms with Crippen LogP contribution >= 0.6 is 0 Å². The molecule has 1 saturated heterocycles. The van der Waals surface area contributed by atoms with E-state index in [9.17, 15) is 4.79 Å². The van der Waals surface area contributed by atoms with Gasteiger partial charge in [0.1, 0.15) is 5.75 Å². The zero-order valence-corrected chi connectivity index (χ0v) is 19.1. The summed E-state index contributed by atoms with van der Waals surface area (Å²) in [6.45, 7) is 12.7. The van der Waals surface area contributed by atoms with Crippen LogP contribution < -0.4 is 15.0 Å². The van der Waals surface area contributed by atoms with E-state index in [4.69, 9.17) is 4.74 Å². The van der Waals surface area contributed by atoms with Crippen LogP contribution in [0.3, 0.4) is 0 Å². The van der Waals surface area contributed by atoms with E-state index in [1.807, 2.05) is 32.9 Å². The Morgan fingerprint density at radius 1 is 1.20 bits per heavy atom. The Hall–Kier alpha value is -2.49. The molecule has 2 aromatic carbocycles. The number of benzene rings is 2. The van der Waals surface area contributed by atoms with E-state index in [0.29, 0.717) is 6.42 Å². The lowest BCUT2D eigenvalue weighted by molar-refractivity contribution is -0.128. The smallest absolute Gasteiger partial charge is 0.261 e. The minimum Gasteiger partial charge on any atom is -0.480 e. The van der Waals surface area contributed by atoms with Crippen molar-refractivity contribution in [2.45, 2.75) is 66.0 Å². The number of aryl methyl sites for hydroxylation is 2. The Balaban J connectivity index is 1.60. The van der Waals surface area contributed by atoms with Crippen molar-refractivity contribution in [1.82, 2.24) is 5.32 Å². The van der Waals surface area contributed by atoms with Gasteiger partial charge in [-0.05, 0) is 75.3 Å². The molecule has 2 aromatic rings. The maximum absolute atomic E-state index is 12.8. The quantitative estimate of drug-likeness (QED) is 0.651. The summed E-state index contributed by atoms with van der Waals surface area (Å²) in [6.07, 6.45) is 2.70. The fourth-order valence-corrected chi connectivity index (χ4v) is 4.19. The zero-order chi connectivity index (χ0) is 21.7. The molecule has 0 saturated carbocycles. The normalized spacial score (nSPS) is 18.6. The largest absolute Gasteiger partial charge is 0.480 e. The average molecular weight is 409 g/mol. The Kier molecular flexibility index (Phi) is 7.41. The third-order valence-electron chi connectivity index (χ3n) is 6.04. The molecule has 0 bridgehead atoms. The summed E-state index contributed by atoms with van der Waals surface area (Å²) < 4.78 is 6.04. The summed E-state index contributed by atoms with van der Waals surface area (Å²) in [4.78, 5) is 15.3. The number of hydrogen-bond donors (Lipinski definition) is 1. The molecule has 0 aromatic heterocycles. The van der Waals surface area contributed by atoms with Crippen molar-refractivity contribution in [3.05, 3.63) is 59.2 Å². The highest BCUT2D eigenvalue weighted by molar-refractivity contribution is 5.81. The lowest BCUT2D eigenvalue weighted by Crippen LogP contribution is -2.39. The van der Waals surface area contributed by atoms with Crippen molar-refractivity contribution in [3.63, 3.8) is 0 Å². The van der Waals surface area contributed by atoms with Crippen molar-refractivity contribution in [2.75, 3.05) is 18.0 Å². The van der Waals surface area contributed by atoms with Crippen molar-refractivity contribution in [2.24, 2.45) is 5.92 Å². The number of piperidine rings is 1. The summed E-state index contributed by atoms with van der Waals surface area (Å²) in [5.74, 6) is 1.45. The molecule has 1 aliphatic heterocycles. The van der Waals surface area contributed by atoms with E-state index in [0.717, 1.165) is 35.9 Å². The number of rotatable bonds is 7. The topological polar surface area (TPSA) is 41.6 Å². The highest BCUT2D eigenvalue weighted by atomic mass is 16.5. The van der Waals surface area contributed by atoms with Crippen LogP contribution in [-0.2, 0) is 4.79 Å². The first-order valence-corrected chi connectivity index (χ1v) is 11.3. The number of nitrogens with one attached hydrogen (secondary N) is 1. The standard InChI is InChI=1S/C26H36N2O2/c1-6-24(30-25-14-9-18(2)16-20(25)4)26(29)27-21(5)22-10-12-23(13-11-22)28-15-7-8-19(3)17-28/h9-14,16,19,21,24H,6-8,15,17H2,1-5H3,(H,27,29)/t19-,21-,24+/m1/s1. The van der Waals surface area contributed by atoms with Crippen molar-refractivity contribution >= 4 is 11.6 Å². The number of carbonyl (C=O) groups excluding carboxylic acids is 1. The highest BCUT2D eigenvalue weighted by Gasteiger charge is 2.22. The van der Waals surface area contributed by atoms with E-state index in [1.54, 1.807) is 0 Å². The van der Waals surface area contributed by atoms with E-state index in [2.05, 4.69) is 54.4 Å². The minimum absolute atomic E-state index is 0.0661. The molecule has 1 fully saturated rings. The average Bonchev–Trinajstić information content (AvgIpc) is 2.73. The Morgan fingerprint density at radius 2 is 1.93 bits per heavy atom. The van der Waals surface area contributed by atoms with Gasteiger partial charge in [-0.25, -0.2) is 0 Å². The fraction of sp³-hybridized carbons (Fsp3) is 0.500. The van der Waals surface area contributed by atoms with Gasteiger partial charge in [-0.3, -0.25) is 4.79 Å². The molecule has 1 heterocycles. The minimum atomic E-state index is -0.497. The van der Waals surface area contributed by atoms with Crippen LogP contribution in [-0.4, -0.2) is 25.1 Å². The monoisotopic (exact) mass is 408 g/mol. The lowest BCUT2D eigenvalue weighted by atomic mass is 9.99. The van der Waals surface area contributed by atoms with Gasteiger partial charge >= 0.3 is 0 Å². The molecular weight excluding hydrogens is 372 g/mol. The molecule has 0 unspecified atom stereocenters. The number of carbonyl (C=O) groups is 1. The van der Waals surface area contributed by atoms with Gasteiger partial charge in [0, 0.05) is 18.8 Å². The molecule has 4 nitrogen and oxygen atoms in total. The van der Waals surface area contributed by atoms with Gasteiger partial charge in [-0.2, -0.15) is 0 Å². The van der Waals surface area contributed by atoms with Gasteiger partial charge in [0.05, 0.1) is 6.04 Å². The van der Waals surface area contributed by atoms with Gasteiger partial charge in [0.25, 0.3) is 5.91 Å². The first-order valence-electron chi connectivity index (χ1n) is 11.3. The summed E-state index contributed by atoms with van der Waals surface area (Å²) in [5, 5.41) is 3.13. The maximum Gasteiger partial charge on any atom is 0.261 e. The van der Waals surface area contributed by atoms with Gasteiger partial charge in [-0.1, -0.05) is 43.7 Å². The Labute approximate surface area is 181 Å². The van der Waals surface area contributed by atoms with Crippen LogP contribution in [0.15, 0.2) is 42.5 Å². The number of ether oxygens (including phenoxy) is 1. The van der Waals surface area contributed by atoms with Crippen molar-refractivity contribution in [3.8, 4) is 5.75 Å². The molecule has 30 heavy (non-hydrogen) atoms. The lowest BCUT2D eigenvalue weighted by Gasteiger charge is -2.33. The van der Waals surface area contributed by atoms with E-state index < -0.39 is 6.10 Å². The van der Waals surface area contributed by atoms with Crippen LogP contribution in [0, 0.1) is 19.8 Å². The van der Waals surface area contributed by atoms with Crippen LogP contribution in [0.25, 0.3) is 0 Å². The van der Waals surface area contributed by atoms with E-state index in [1.165, 1.54) is 24.1 Å². The molecule has 1 aliphatic rings. The second-order valence-electron chi connectivity index (χ2n) is 8.80. The molecule has 1 amide bonds. The Bertz CT molecular complexity index is 847. The fourth-order valence-electron chi connectivity index (χ4n) is 4.19. The van der Waals surface area contributed by atoms with Crippen molar-refractivity contribution in [1.29, 1.82) is 0 Å². The van der Waals surface area contributed by atoms with Crippen LogP contribution in [0.4, 0.5) is 5.69 Å². The molecule has 0 spiro atoms. The SMILES string of the molecule is CC[C@H](Oc1ccc(C)cc1C)C(=O)N[C@H](C)c1ccc(N2CCC[C@@H](C)C2)cc1. The van der Waals surface area contributed by atoms with Gasteiger partial charge < -0.3 is 15.0 Å². The summed E-state index contributed by atoms with van der Waals surface area (Å²) in [6, 6.07) is 14.6. The Morgan fingerprint density at radius 3 is 2.57 bits per heavy atom. The van der Waals surface area contributed by atoms with E-state index >= 15 is 0 Å². The molecule has 3 atom stereocenters. The molecule has 4 heteroatoms. The van der Waals surface area contributed by atoms with Crippen LogP contribution in [0.5, 0.6) is 5.75 Å². The molecule has 1 N–H and O–H groups in total. The first kappa shape index (κ1) is 22.2. The van der Waals surface area contributed by atoms with E-state index in [-0.39, 0.29) is 11.9 Å². The number of anilines is 1. The van der Waals surface area contributed by atoms with Crippen LogP contribution in [0.2, 0.25) is 0 Å². The molecule has 0 radical (unpaired) electrons. The number of nitrogens with zero attached hydrogens (tertiary/aromatic N) is 1. The summed E-state index contributed by atoms with van der Waals surface area (Å²) in [7, 11) is 0. The number of hydrogen-bond acceptors (Lipinski definition) is 3. The molecule has 3 rings (SSSR count). The van der Waals surface area contributed by atoms with Gasteiger partial charge in [-0.15, -0.1) is 0 Å². The predicted molar refractivity (Wildman–Crippen MR) is 124 cm³/mol.